The minimum absolute atomic E-state index is 0.259. The summed E-state index contributed by atoms with van der Waals surface area (Å²) >= 11 is 0. The minimum Gasteiger partial charge on any atom is -0.479 e. The van der Waals surface area contributed by atoms with Crippen LogP contribution in [-0.2, 0) is 19.2 Å². The lowest BCUT2D eigenvalue weighted by atomic mass is 10.1. The van der Waals surface area contributed by atoms with Crippen molar-refractivity contribution in [1.29, 1.82) is 0 Å². The molecule has 1 unspecified atom stereocenters. The number of rotatable bonds is 6. The molecule has 0 saturated carbocycles. The SMILES string of the molecule is CC(=O)Oc1cc(C(=O)NC(N)C(=O)O)cc(OC(C)=O)c1OC(C)=O. The summed E-state index contributed by atoms with van der Waals surface area (Å²) in [6, 6.07) is 1.99. The van der Waals surface area contributed by atoms with E-state index in [1.807, 2.05) is 5.32 Å². The van der Waals surface area contributed by atoms with Gasteiger partial charge in [0.2, 0.25) is 5.75 Å². The fourth-order valence-electron chi connectivity index (χ4n) is 1.70. The first kappa shape index (κ1) is 20.6. The summed E-state index contributed by atoms with van der Waals surface area (Å²) in [4.78, 5) is 56.6. The predicted octanol–water partition coefficient (Wildman–Crippen LogP) is -0.438. The third-order valence-corrected chi connectivity index (χ3v) is 2.59. The van der Waals surface area contributed by atoms with E-state index in [2.05, 4.69) is 0 Å². The second kappa shape index (κ2) is 8.58. The van der Waals surface area contributed by atoms with Crippen LogP contribution in [0.15, 0.2) is 12.1 Å². The zero-order valence-electron chi connectivity index (χ0n) is 14.0. The Balaban J connectivity index is 3.45. The number of carboxylic acids is 1. The largest absolute Gasteiger partial charge is 0.479 e. The summed E-state index contributed by atoms with van der Waals surface area (Å²) in [6.45, 7) is 3.16. The van der Waals surface area contributed by atoms with Crippen LogP contribution in [0.3, 0.4) is 0 Å². The average Bonchev–Trinajstić information content (AvgIpc) is 2.48. The number of hydrogen-bond donors (Lipinski definition) is 3. The number of nitrogens with two attached hydrogens (primary N) is 1. The van der Waals surface area contributed by atoms with Gasteiger partial charge in [-0.05, 0) is 12.1 Å². The van der Waals surface area contributed by atoms with Gasteiger partial charge in [-0.2, -0.15) is 0 Å². The van der Waals surface area contributed by atoms with Gasteiger partial charge in [-0.15, -0.1) is 0 Å². The maximum Gasteiger partial charge on any atom is 0.341 e. The first-order valence-electron chi connectivity index (χ1n) is 7.03. The summed E-state index contributed by atoms with van der Waals surface area (Å²) < 4.78 is 14.6. The number of carboxylic acid groups (broad SMARTS) is 1. The predicted molar refractivity (Wildman–Crippen MR) is 83.4 cm³/mol. The Labute approximate surface area is 147 Å². The van der Waals surface area contributed by atoms with Crippen LogP contribution in [0.2, 0.25) is 0 Å². The van der Waals surface area contributed by atoms with Crippen LogP contribution in [0.5, 0.6) is 17.2 Å². The van der Waals surface area contributed by atoms with E-state index in [4.69, 9.17) is 25.1 Å². The highest BCUT2D eigenvalue weighted by molar-refractivity contribution is 5.98. The summed E-state index contributed by atoms with van der Waals surface area (Å²) in [5, 5.41) is 10.7. The number of nitrogens with one attached hydrogen (secondary N) is 1. The Morgan fingerprint density at radius 2 is 1.35 bits per heavy atom. The first-order chi connectivity index (χ1) is 12.0. The molecule has 26 heavy (non-hydrogen) atoms. The summed E-state index contributed by atoms with van der Waals surface area (Å²) in [5.41, 5.74) is 4.96. The number of esters is 3. The van der Waals surface area contributed by atoms with E-state index in [0.29, 0.717) is 0 Å². The van der Waals surface area contributed by atoms with Crippen molar-refractivity contribution in [1.82, 2.24) is 5.32 Å². The van der Waals surface area contributed by atoms with Gasteiger partial charge in [0.15, 0.2) is 17.7 Å². The second-order valence-corrected chi connectivity index (χ2v) is 4.87. The number of aliphatic carboxylic acids is 1. The van der Waals surface area contributed by atoms with Crippen LogP contribution in [-0.4, -0.2) is 41.1 Å². The fourth-order valence-corrected chi connectivity index (χ4v) is 1.70. The minimum atomic E-state index is -1.70. The lowest BCUT2D eigenvalue weighted by Gasteiger charge is -2.15. The molecule has 0 aliphatic rings. The number of carbonyl (C=O) groups is 5. The normalized spacial score (nSPS) is 11.1. The van der Waals surface area contributed by atoms with E-state index in [9.17, 15) is 24.0 Å². The molecule has 11 heteroatoms. The molecule has 0 aliphatic carbocycles. The van der Waals surface area contributed by atoms with Crippen molar-refractivity contribution < 1.29 is 43.3 Å². The Kier molecular flexibility index (Phi) is 6.79. The molecule has 0 spiro atoms. The number of hydrogen-bond acceptors (Lipinski definition) is 9. The molecule has 1 amide bonds. The highest BCUT2D eigenvalue weighted by Gasteiger charge is 2.24. The molecule has 0 aliphatic heterocycles. The number of amides is 1. The van der Waals surface area contributed by atoms with Gasteiger partial charge in [0.25, 0.3) is 5.91 Å². The number of ether oxygens (including phenoxy) is 3. The molecule has 11 nitrogen and oxygen atoms in total. The monoisotopic (exact) mass is 368 g/mol. The molecule has 1 aromatic carbocycles. The van der Waals surface area contributed by atoms with E-state index >= 15 is 0 Å². The van der Waals surface area contributed by atoms with Crippen LogP contribution >= 0.6 is 0 Å². The molecular formula is C15H16N2O9. The zero-order valence-corrected chi connectivity index (χ0v) is 14.0. The number of benzene rings is 1. The highest BCUT2D eigenvalue weighted by Crippen LogP contribution is 2.39. The Bertz CT molecular complexity index is 735. The summed E-state index contributed by atoms with van der Waals surface area (Å²) in [5.74, 6) is -6.06. The molecule has 0 radical (unpaired) electrons. The maximum atomic E-state index is 12.1. The zero-order chi connectivity index (χ0) is 20.0. The van der Waals surface area contributed by atoms with Crippen molar-refractivity contribution in [3.8, 4) is 17.2 Å². The van der Waals surface area contributed by atoms with Gasteiger partial charge in [-0.3, -0.25) is 19.2 Å². The molecule has 4 N–H and O–H groups in total. The van der Waals surface area contributed by atoms with E-state index in [0.717, 1.165) is 32.9 Å². The van der Waals surface area contributed by atoms with Crippen molar-refractivity contribution in [2.24, 2.45) is 5.73 Å². The van der Waals surface area contributed by atoms with Crippen LogP contribution < -0.4 is 25.3 Å². The van der Waals surface area contributed by atoms with Crippen molar-refractivity contribution in [3.05, 3.63) is 17.7 Å². The Morgan fingerprint density at radius 1 is 0.923 bits per heavy atom. The Hall–Kier alpha value is -3.47. The van der Waals surface area contributed by atoms with E-state index in [1.165, 1.54) is 0 Å². The van der Waals surface area contributed by atoms with Crippen molar-refractivity contribution in [2.45, 2.75) is 26.9 Å². The topological polar surface area (TPSA) is 171 Å². The lowest BCUT2D eigenvalue weighted by Crippen LogP contribution is -2.47. The van der Waals surface area contributed by atoms with Gasteiger partial charge in [0.05, 0.1) is 0 Å². The van der Waals surface area contributed by atoms with Crippen LogP contribution in [0.4, 0.5) is 0 Å². The van der Waals surface area contributed by atoms with E-state index < -0.39 is 41.7 Å². The smallest absolute Gasteiger partial charge is 0.341 e. The van der Waals surface area contributed by atoms with Gasteiger partial charge < -0.3 is 30.4 Å². The number of carbonyl (C=O) groups excluding carboxylic acids is 4. The molecule has 1 rings (SSSR count). The quantitative estimate of drug-likeness (QED) is 0.339. The van der Waals surface area contributed by atoms with Gasteiger partial charge >= 0.3 is 23.9 Å². The third kappa shape index (κ3) is 5.87. The van der Waals surface area contributed by atoms with Gasteiger partial charge in [0, 0.05) is 26.3 Å². The van der Waals surface area contributed by atoms with Crippen molar-refractivity contribution in [3.63, 3.8) is 0 Å². The van der Waals surface area contributed by atoms with Gasteiger partial charge in [0.1, 0.15) is 0 Å². The van der Waals surface area contributed by atoms with Crippen molar-refractivity contribution in [2.75, 3.05) is 0 Å². The lowest BCUT2D eigenvalue weighted by molar-refractivity contribution is -0.139. The van der Waals surface area contributed by atoms with Crippen LogP contribution in [0.1, 0.15) is 31.1 Å². The van der Waals surface area contributed by atoms with E-state index in [1.54, 1.807) is 0 Å². The average molecular weight is 368 g/mol. The molecule has 0 heterocycles. The summed E-state index contributed by atoms with van der Waals surface area (Å²) in [7, 11) is 0. The van der Waals surface area contributed by atoms with Crippen LogP contribution in [0.25, 0.3) is 0 Å². The molecule has 140 valence electrons. The molecule has 0 saturated heterocycles. The first-order valence-corrected chi connectivity index (χ1v) is 7.03. The second-order valence-electron chi connectivity index (χ2n) is 4.87. The molecular weight excluding hydrogens is 352 g/mol. The molecule has 0 fully saturated rings. The fraction of sp³-hybridized carbons (Fsp3) is 0.267. The standard InChI is InChI=1S/C15H16N2O9/c1-6(18)24-10-4-9(14(21)17-13(16)15(22)23)5-11(25-7(2)19)12(10)26-8(3)20/h4-5,13H,16H2,1-3H3,(H,17,21)(H,22,23). The van der Waals surface area contributed by atoms with Gasteiger partial charge in [-0.25, -0.2) is 4.79 Å². The Morgan fingerprint density at radius 3 is 1.69 bits per heavy atom. The third-order valence-electron chi connectivity index (χ3n) is 2.59. The highest BCUT2D eigenvalue weighted by atomic mass is 16.6. The molecule has 0 bridgehead atoms. The van der Waals surface area contributed by atoms with Gasteiger partial charge in [-0.1, -0.05) is 0 Å². The maximum absolute atomic E-state index is 12.1. The van der Waals surface area contributed by atoms with Crippen molar-refractivity contribution >= 4 is 29.8 Å². The van der Waals surface area contributed by atoms with E-state index in [-0.39, 0.29) is 17.1 Å². The molecule has 1 aromatic rings. The summed E-state index contributed by atoms with van der Waals surface area (Å²) in [6.07, 6.45) is -1.70. The molecule has 1 atom stereocenters. The molecule has 0 aromatic heterocycles. The van der Waals surface area contributed by atoms with Crippen LogP contribution in [0, 0.1) is 0 Å².